The summed E-state index contributed by atoms with van der Waals surface area (Å²) in [7, 11) is 3.68. The van der Waals surface area contributed by atoms with Gasteiger partial charge in [-0.3, -0.25) is 4.79 Å². The molecule has 0 amide bonds. The van der Waals surface area contributed by atoms with Gasteiger partial charge in [-0.2, -0.15) is 0 Å². The lowest BCUT2D eigenvalue weighted by Gasteiger charge is -2.25. The van der Waals surface area contributed by atoms with Crippen molar-refractivity contribution in [2.45, 2.75) is 0 Å². The van der Waals surface area contributed by atoms with Crippen molar-refractivity contribution in [3.05, 3.63) is 95.0 Å². The first-order valence-electron chi connectivity index (χ1n) is 8.30. The van der Waals surface area contributed by atoms with Crippen LogP contribution >= 0.6 is 0 Å². The lowest BCUT2D eigenvalue weighted by atomic mass is 9.99. The number of likely N-dealkylation sites (N-methyl/N-ethyl adjacent to an activating group) is 1. The smallest absolute Gasteiger partial charge is 0.274 e. The van der Waals surface area contributed by atoms with Crippen molar-refractivity contribution >= 4 is 16.5 Å². The van der Waals surface area contributed by atoms with Crippen LogP contribution in [-0.4, -0.2) is 21.5 Å². The topological polar surface area (TPSA) is 50.3 Å². The molecule has 1 aromatic carbocycles. The Morgan fingerprint density at radius 2 is 1.88 bits per heavy atom. The van der Waals surface area contributed by atoms with Crippen LogP contribution in [0.5, 0.6) is 5.75 Å². The SMILES string of the molecule is C=C1C=C(c2cn(C)c(=O)c3[nH]ccc23)C(Oc2ccccc2)=CN1C. The number of para-hydroxylation sites is 1. The van der Waals surface area contributed by atoms with E-state index in [-0.39, 0.29) is 5.56 Å². The Bertz CT molecular complexity index is 1120. The zero-order valence-electron chi connectivity index (χ0n) is 14.7. The van der Waals surface area contributed by atoms with Crippen LogP contribution in [0.15, 0.2) is 83.9 Å². The van der Waals surface area contributed by atoms with Gasteiger partial charge >= 0.3 is 0 Å². The molecule has 0 spiro atoms. The minimum Gasteiger partial charge on any atom is -0.455 e. The molecule has 0 saturated carbocycles. The molecule has 0 bridgehead atoms. The molecule has 4 rings (SSSR count). The van der Waals surface area contributed by atoms with Crippen molar-refractivity contribution in [2.24, 2.45) is 7.05 Å². The lowest BCUT2D eigenvalue weighted by Crippen LogP contribution is -2.20. The number of aromatic amines is 1. The van der Waals surface area contributed by atoms with Crippen molar-refractivity contribution in [1.82, 2.24) is 14.5 Å². The van der Waals surface area contributed by atoms with Gasteiger partial charge in [0.1, 0.15) is 11.3 Å². The Hall–Kier alpha value is -3.47. The summed E-state index contributed by atoms with van der Waals surface area (Å²) < 4.78 is 7.73. The number of pyridine rings is 1. The molecule has 5 heteroatoms. The van der Waals surface area contributed by atoms with E-state index in [4.69, 9.17) is 4.74 Å². The van der Waals surface area contributed by atoms with Crippen molar-refractivity contribution in [2.75, 3.05) is 7.05 Å². The first-order chi connectivity index (χ1) is 12.5. The summed E-state index contributed by atoms with van der Waals surface area (Å²) in [5.74, 6) is 1.45. The van der Waals surface area contributed by atoms with Gasteiger partial charge in [0.2, 0.25) is 0 Å². The second-order valence-corrected chi connectivity index (χ2v) is 6.29. The molecular weight excluding hydrogens is 326 g/mol. The third-order valence-electron chi connectivity index (χ3n) is 4.50. The van der Waals surface area contributed by atoms with Gasteiger partial charge in [-0.05, 0) is 24.3 Å². The van der Waals surface area contributed by atoms with E-state index in [9.17, 15) is 4.79 Å². The number of nitrogens with zero attached hydrogens (tertiary/aromatic N) is 2. The number of aryl methyl sites for hydroxylation is 1. The first-order valence-corrected chi connectivity index (χ1v) is 8.30. The Balaban J connectivity index is 1.88. The number of allylic oxidation sites excluding steroid dienone is 2. The summed E-state index contributed by atoms with van der Waals surface area (Å²) in [5, 5.41) is 0.860. The summed E-state index contributed by atoms with van der Waals surface area (Å²) in [6.45, 7) is 4.09. The summed E-state index contributed by atoms with van der Waals surface area (Å²) >= 11 is 0. The average molecular weight is 345 g/mol. The van der Waals surface area contributed by atoms with Crippen molar-refractivity contribution in [1.29, 1.82) is 0 Å². The van der Waals surface area contributed by atoms with Gasteiger partial charge < -0.3 is 19.2 Å². The van der Waals surface area contributed by atoms with Crippen LogP contribution in [0, 0.1) is 0 Å². The zero-order chi connectivity index (χ0) is 18.3. The van der Waals surface area contributed by atoms with E-state index in [0.29, 0.717) is 11.3 Å². The maximum atomic E-state index is 12.4. The molecule has 3 aromatic rings. The van der Waals surface area contributed by atoms with E-state index >= 15 is 0 Å². The highest BCUT2D eigenvalue weighted by Gasteiger charge is 2.21. The molecule has 0 unspecified atom stereocenters. The highest BCUT2D eigenvalue weighted by atomic mass is 16.5. The molecule has 5 nitrogen and oxygen atoms in total. The van der Waals surface area contributed by atoms with Crippen molar-refractivity contribution in [3.63, 3.8) is 0 Å². The molecule has 2 aromatic heterocycles. The van der Waals surface area contributed by atoms with Crippen LogP contribution in [0.1, 0.15) is 5.56 Å². The van der Waals surface area contributed by atoms with E-state index < -0.39 is 0 Å². The van der Waals surface area contributed by atoms with E-state index in [1.165, 1.54) is 0 Å². The van der Waals surface area contributed by atoms with Gasteiger partial charge in [-0.25, -0.2) is 0 Å². The van der Waals surface area contributed by atoms with Crippen LogP contribution in [0.4, 0.5) is 0 Å². The van der Waals surface area contributed by atoms with Crippen LogP contribution in [-0.2, 0) is 7.05 Å². The van der Waals surface area contributed by atoms with E-state index in [0.717, 1.165) is 28.0 Å². The molecule has 1 aliphatic rings. The number of fused-ring (bicyclic) bond motifs is 1. The molecule has 0 atom stereocenters. The number of hydrogen-bond donors (Lipinski definition) is 1. The normalized spacial score (nSPS) is 14.4. The Morgan fingerprint density at radius 3 is 2.65 bits per heavy atom. The van der Waals surface area contributed by atoms with Crippen molar-refractivity contribution in [3.8, 4) is 5.75 Å². The van der Waals surface area contributed by atoms with Gasteiger partial charge in [0.15, 0.2) is 5.76 Å². The lowest BCUT2D eigenvalue weighted by molar-refractivity contribution is 0.423. The van der Waals surface area contributed by atoms with Gasteiger partial charge in [0, 0.05) is 54.9 Å². The maximum absolute atomic E-state index is 12.4. The fraction of sp³-hybridized carbons (Fsp3) is 0.0952. The first kappa shape index (κ1) is 16.0. The number of ether oxygens (including phenoxy) is 1. The Labute approximate surface area is 151 Å². The third kappa shape index (κ3) is 2.63. The Kier molecular flexibility index (Phi) is 3.77. The fourth-order valence-corrected chi connectivity index (χ4v) is 3.06. The summed E-state index contributed by atoms with van der Waals surface area (Å²) in [6, 6.07) is 11.5. The largest absolute Gasteiger partial charge is 0.455 e. The number of H-pyrrole nitrogens is 1. The van der Waals surface area contributed by atoms with Crippen LogP contribution in [0.25, 0.3) is 16.5 Å². The number of benzene rings is 1. The predicted octanol–water partition coefficient (Wildman–Crippen LogP) is 3.63. The van der Waals surface area contributed by atoms with Crippen molar-refractivity contribution < 1.29 is 4.74 Å². The summed E-state index contributed by atoms with van der Waals surface area (Å²) in [6.07, 6.45) is 7.51. The molecule has 1 aliphatic heterocycles. The molecule has 0 fully saturated rings. The number of aromatic nitrogens is 2. The average Bonchev–Trinajstić information content (AvgIpc) is 3.12. The van der Waals surface area contributed by atoms with Gasteiger partial charge in [-0.1, -0.05) is 24.8 Å². The number of rotatable bonds is 3. The Morgan fingerprint density at radius 1 is 1.12 bits per heavy atom. The molecule has 0 radical (unpaired) electrons. The summed E-state index contributed by atoms with van der Waals surface area (Å²) in [4.78, 5) is 17.3. The minimum absolute atomic E-state index is 0.0596. The third-order valence-corrected chi connectivity index (χ3v) is 4.50. The minimum atomic E-state index is -0.0596. The van der Waals surface area contributed by atoms with Gasteiger partial charge in [0.25, 0.3) is 5.56 Å². The fourth-order valence-electron chi connectivity index (χ4n) is 3.06. The van der Waals surface area contributed by atoms with Gasteiger partial charge in [0.05, 0.1) is 0 Å². The molecule has 26 heavy (non-hydrogen) atoms. The molecule has 0 saturated heterocycles. The van der Waals surface area contributed by atoms with E-state index in [1.807, 2.05) is 66.8 Å². The highest BCUT2D eigenvalue weighted by molar-refractivity contribution is 5.96. The van der Waals surface area contributed by atoms with Crippen LogP contribution in [0.3, 0.4) is 0 Å². The predicted molar refractivity (Wildman–Crippen MR) is 104 cm³/mol. The second-order valence-electron chi connectivity index (χ2n) is 6.29. The highest BCUT2D eigenvalue weighted by Crippen LogP contribution is 2.34. The van der Waals surface area contributed by atoms with E-state index in [2.05, 4.69) is 11.6 Å². The monoisotopic (exact) mass is 345 g/mol. The number of hydrogen-bond acceptors (Lipinski definition) is 3. The van der Waals surface area contributed by atoms with Crippen LogP contribution < -0.4 is 10.3 Å². The standard InChI is InChI=1S/C21H19N3O2/c1-14-11-17(18-12-24(3)21(25)20-16(18)9-10-22-20)19(13-23(14)2)26-15-7-5-4-6-8-15/h4-13,22H,1H2,2-3H3. The number of nitrogens with one attached hydrogen (secondary N) is 1. The zero-order valence-corrected chi connectivity index (χ0v) is 14.7. The van der Waals surface area contributed by atoms with Gasteiger partial charge in [-0.15, -0.1) is 0 Å². The maximum Gasteiger partial charge on any atom is 0.274 e. The summed E-state index contributed by atoms with van der Waals surface area (Å²) in [5.41, 5.74) is 3.17. The second kappa shape index (κ2) is 6.11. The molecule has 3 heterocycles. The molecule has 0 aliphatic carbocycles. The molecule has 130 valence electrons. The molecular formula is C21H19N3O2. The quantitative estimate of drug-likeness (QED) is 0.789. The molecule has 1 N–H and O–H groups in total. The van der Waals surface area contributed by atoms with E-state index in [1.54, 1.807) is 17.8 Å². The van der Waals surface area contributed by atoms with Crippen LogP contribution in [0.2, 0.25) is 0 Å².